The molecule has 0 saturated carbocycles. The van der Waals surface area contributed by atoms with Crippen molar-refractivity contribution in [3.05, 3.63) is 130 Å². The Balaban J connectivity index is 1.67. The Morgan fingerprint density at radius 2 is 1.49 bits per heavy atom. The molecule has 248 valence electrons. The highest BCUT2D eigenvalue weighted by atomic mass is 35.5. The fraction of sp³-hybridized carbons (Fsp3) is 0.278. The summed E-state index contributed by atoms with van der Waals surface area (Å²) in [6.45, 7) is 3.59. The van der Waals surface area contributed by atoms with Crippen LogP contribution in [-0.4, -0.2) is 50.0 Å². The van der Waals surface area contributed by atoms with E-state index in [0.29, 0.717) is 34.4 Å². The van der Waals surface area contributed by atoms with E-state index in [2.05, 4.69) is 5.32 Å². The third-order valence-corrected chi connectivity index (χ3v) is 9.41. The Bertz CT molecular complexity index is 1740. The maximum absolute atomic E-state index is 14.3. The molecule has 11 heteroatoms. The van der Waals surface area contributed by atoms with Crippen LogP contribution < -0.4 is 14.4 Å². The van der Waals surface area contributed by atoms with E-state index in [1.165, 1.54) is 4.90 Å². The quantitative estimate of drug-likeness (QED) is 0.146. The SMILES string of the molecule is CCC(C)NC(=O)C(Cc1ccccc1)N(Cc1ccc(Cl)cc1Cl)C(=O)CN(c1ccc(OCc2ccccc2)cc1)S(C)(=O)=O. The molecule has 2 atom stereocenters. The van der Waals surface area contributed by atoms with Gasteiger partial charge in [-0.25, -0.2) is 8.42 Å². The molecule has 4 aromatic rings. The van der Waals surface area contributed by atoms with Crippen LogP contribution in [0.25, 0.3) is 0 Å². The second-order valence-electron chi connectivity index (χ2n) is 11.3. The predicted molar refractivity (Wildman–Crippen MR) is 188 cm³/mol. The van der Waals surface area contributed by atoms with Crippen LogP contribution in [0.4, 0.5) is 5.69 Å². The minimum Gasteiger partial charge on any atom is -0.489 e. The molecule has 0 heterocycles. The molecule has 0 fully saturated rings. The lowest BCUT2D eigenvalue weighted by atomic mass is 10.0. The van der Waals surface area contributed by atoms with Gasteiger partial charge >= 0.3 is 0 Å². The Morgan fingerprint density at radius 1 is 0.872 bits per heavy atom. The number of carbonyl (C=O) groups excluding carboxylic acids is 2. The zero-order chi connectivity index (χ0) is 34.0. The van der Waals surface area contributed by atoms with Gasteiger partial charge in [0.05, 0.1) is 11.9 Å². The van der Waals surface area contributed by atoms with Gasteiger partial charge in [0.15, 0.2) is 0 Å². The van der Waals surface area contributed by atoms with Gasteiger partial charge in [0.2, 0.25) is 21.8 Å². The monoisotopic (exact) mass is 695 g/mol. The van der Waals surface area contributed by atoms with Crippen molar-refractivity contribution < 1.29 is 22.7 Å². The van der Waals surface area contributed by atoms with Gasteiger partial charge < -0.3 is 15.0 Å². The zero-order valence-electron chi connectivity index (χ0n) is 26.6. The number of rotatable bonds is 15. The van der Waals surface area contributed by atoms with Crippen LogP contribution in [0.15, 0.2) is 103 Å². The molecule has 0 aliphatic carbocycles. The summed E-state index contributed by atoms with van der Waals surface area (Å²) in [4.78, 5) is 29.6. The third kappa shape index (κ3) is 10.5. The second kappa shape index (κ2) is 16.7. The van der Waals surface area contributed by atoms with Crippen molar-refractivity contribution in [3.8, 4) is 5.75 Å². The lowest BCUT2D eigenvalue weighted by molar-refractivity contribution is -0.140. The largest absolute Gasteiger partial charge is 0.489 e. The Morgan fingerprint density at radius 3 is 2.06 bits per heavy atom. The van der Waals surface area contributed by atoms with Crippen LogP contribution in [0.2, 0.25) is 10.0 Å². The summed E-state index contributed by atoms with van der Waals surface area (Å²) in [7, 11) is -3.93. The summed E-state index contributed by atoms with van der Waals surface area (Å²) in [5, 5.41) is 3.75. The van der Waals surface area contributed by atoms with Crippen molar-refractivity contribution in [2.24, 2.45) is 0 Å². The molecule has 4 aromatic carbocycles. The topological polar surface area (TPSA) is 96.0 Å². The first-order valence-electron chi connectivity index (χ1n) is 15.3. The molecule has 0 radical (unpaired) electrons. The molecule has 0 aliphatic rings. The highest BCUT2D eigenvalue weighted by Crippen LogP contribution is 2.26. The third-order valence-electron chi connectivity index (χ3n) is 7.68. The minimum atomic E-state index is -3.93. The zero-order valence-corrected chi connectivity index (χ0v) is 28.9. The van der Waals surface area contributed by atoms with Crippen molar-refractivity contribution >= 4 is 50.7 Å². The van der Waals surface area contributed by atoms with Crippen LogP contribution in [0.3, 0.4) is 0 Å². The molecule has 1 N–H and O–H groups in total. The molecule has 47 heavy (non-hydrogen) atoms. The van der Waals surface area contributed by atoms with Crippen molar-refractivity contribution in [2.45, 2.75) is 51.9 Å². The van der Waals surface area contributed by atoms with Crippen LogP contribution in [0, 0.1) is 0 Å². The van der Waals surface area contributed by atoms with Crippen LogP contribution in [0.1, 0.15) is 37.0 Å². The van der Waals surface area contributed by atoms with Gasteiger partial charge in [-0.2, -0.15) is 0 Å². The maximum atomic E-state index is 14.3. The lowest BCUT2D eigenvalue weighted by Crippen LogP contribution is -2.54. The van der Waals surface area contributed by atoms with Gasteiger partial charge in [-0.15, -0.1) is 0 Å². The summed E-state index contributed by atoms with van der Waals surface area (Å²) in [5.74, 6) is -0.389. The number of ether oxygens (including phenoxy) is 1. The summed E-state index contributed by atoms with van der Waals surface area (Å²) in [6.07, 6.45) is 1.93. The van der Waals surface area contributed by atoms with E-state index >= 15 is 0 Å². The van der Waals surface area contributed by atoms with E-state index in [0.717, 1.165) is 21.7 Å². The minimum absolute atomic E-state index is 0.0515. The summed E-state index contributed by atoms with van der Waals surface area (Å²) < 4.78 is 33.1. The lowest BCUT2D eigenvalue weighted by Gasteiger charge is -2.34. The number of amides is 2. The molecule has 2 amide bonds. The number of benzene rings is 4. The number of anilines is 1. The molecular weight excluding hydrogens is 657 g/mol. The van der Waals surface area contributed by atoms with Gasteiger partial charge in [0.1, 0.15) is 24.9 Å². The molecule has 2 unspecified atom stereocenters. The number of nitrogens with zero attached hydrogens (tertiary/aromatic N) is 2. The maximum Gasteiger partial charge on any atom is 0.244 e. The number of sulfonamides is 1. The van der Waals surface area contributed by atoms with Gasteiger partial charge in [0.25, 0.3) is 0 Å². The van der Waals surface area contributed by atoms with Crippen LogP contribution in [-0.2, 0) is 39.2 Å². The summed E-state index contributed by atoms with van der Waals surface area (Å²) >= 11 is 12.7. The van der Waals surface area contributed by atoms with E-state index in [-0.39, 0.29) is 30.6 Å². The number of nitrogens with one attached hydrogen (secondary N) is 1. The molecule has 4 rings (SSSR count). The average Bonchev–Trinajstić information content (AvgIpc) is 3.05. The molecule has 0 bridgehead atoms. The highest BCUT2D eigenvalue weighted by molar-refractivity contribution is 7.92. The number of hydrogen-bond donors (Lipinski definition) is 1. The molecule has 0 aliphatic heterocycles. The van der Waals surface area contributed by atoms with Crippen molar-refractivity contribution in [1.29, 1.82) is 0 Å². The first-order chi connectivity index (χ1) is 22.4. The van der Waals surface area contributed by atoms with E-state index in [4.69, 9.17) is 27.9 Å². The van der Waals surface area contributed by atoms with E-state index in [1.807, 2.05) is 74.5 Å². The molecular formula is C36H39Cl2N3O5S. The van der Waals surface area contributed by atoms with Crippen LogP contribution >= 0.6 is 23.2 Å². The van der Waals surface area contributed by atoms with Gasteiger partial charge in [0, 0.05) is 29.1 Å². The van der Waals surface area contributed by atoms with Gasteiger partial charge in [-0.05, 0) is 66.4 Å². The predicted octanol–water partition coefficient (Wildman–Crippen LogP) is 6.89. The smallest absolute Gasteiger partial charge is 0.244 e. The van der Waals surface area contributed by atoms with Gasteiger partial charge in [-0.1, -0.05) is 96.9 Å². The Hall–Kier alpha value is -4.05. The average molecular weight is 697 g/mol. The first kappa shape index (κ1) is 35.8. The summed E-state index contributed by atoms with van der Waals surface area (Å²) in [5.41, 5.74) is 2.66. The number of hydrogen-bond acceptors (Lipinski definition) is 5. The number of halogens is 2. The molecule has 0 saturated heterocycles. The molecule has 0 spiro atoms. The Kier molecular flexibility index (Phi) is 12.7. The van der Waals surface area contributed by atoms with Crippen molar-refractivity contribution in [3.63, 3.8) is 0 Å². The fourth-order valence-electron chi connectivity index (χ4n) is 4.89. The van der Waals surface area contributed by atoms with E-state index < -0.39 is 28.5 Å². The highest BCUT2D eigenvalue weighted by Gasteiger charge is 2.33. The standard InChI is InChI=1S/C36H39Cl2N3O5S/c1-4-26(2)39-36(43)34(21-27-11-7-5-8-12-27)40(23-29-15-16-30(37)22-33(29)38)35(42)24-41(47(3,44)45)31-17-19-32(20-18-31)46-25-28-13-9-6-10-14-28/h5-20,22,26,34H,4,21,23-25H2,1-3H3,(H,39,43). The fourth-order valence-corrected chi connectivity index (χ4v) is 6.21. The molecule has 8 nitrogen and oxygen atoms in total. The first-order valence-corrected chi connectivity index (χ1v) is 17.9. The number of carbonyl (C=O) groups is 2. The second-order valence-corrected chi connectivity index (χ2v) is 14.1. The van der Waals surface area contributed by atoms with Gasteiger partial charge in [-0.3, -0.25) is 13.9 Å². The van der Waals surface area contributed by atoms with E-state index in [1.54, 1.807) is 42.5 Å². The summed E-state index contributed by atoms with van der Waals surface area (Å²) in [6, 6.07) is 29.3. The van der Waals surface area contributed by atoms with E-state index in [9.17, 15) is 18.0 Å². The Labute approximate surface area is 287 Å². The van der Waals surface area contributed by atoms with Crippen LogP contribution in [0.5, 0.6) is 5.75 Å². The molecule has 0 aromatic heterocycles. The van der Waals surface area contributed by atoms with Crippen molar-refractivity contribution in [1.82, 2.24) is 10.2 Å². The van der Waals surface area contributed by atoms with Crippen molar-refractivity contribution in [2.75, 3.05) is 17.1 Å². The normalized spacial score (nSPS) is 12.5.